The number of hydrogen-bond acceptors (Lipinski definition) is 7. The van der Waals surface area contributed by atoms with Gasteiger partial charge in [0.05, 0.1) is 13.0 Å². The van der Waals surface area contributed by atoms with E-state index in [0.717, 1.165) is 50.2 Å². The van der Waals surface area contributed by atoms with Crippen molar-refractivity contribution in [3.63, 3.8) is 0 Å². The zero-order valence-electron chi connectivity index (χ0n) is 18.4. The van der Waals surface area contributed by atoms with E-state index in [4.69, 9.17) is 9.26 Å². The van der Waals surface area contributed by atoms with Gasteiger partial charge in [0.1, 0.15) is 5.75 Å². The van der Waals surface area contributed by atoms with E-state index in [2.05, 4.69) is 20.4 Å². The molecule has 0 bridgehead atoms. The number of benzene rings is 1. The molecule has 1 amide bonds. The molecule has 2 aromatic rings. The van der Waals surface area contributed by atoms with Crippen LogP contribution in [0.25, 0.3) is 11.4 Å². The summed E-state index contributed by atoms with van der Waals surface area (Å²) in [7, 11) is 1.64. The largest absolute Gasteiger partial charge is 0.497 e. The summed E-state index contributed by atoms with van der Waals surface area (Å²) in [5.41, 5.74) is 0.871. The zero-order valence-corrected chi connectivity index (χ0v) is 18.4. The number of nitrogens with zero attached hydrogens (tertiary/aromatic N) is 4. The van der Waals surface area contributed by atoms with Crippen LogP contribution in [0.1, 0.15) is 38.5 Å². The molecule has 2 aliphatic rings. The summed E-state index contributed by atoms with van der Waals surface area (Å²) in [6.45, 7) is 5.66. The molecule has 2 fully saturated rings. The van der Waals surface area contributed by atoms with E-state index in [9.17, 15) is 4.79 Å². The lowest BCUT2D eigenvalue weighted by atomic mass is 9.97. The van der Waals surface area contributed by atoms with E-state index < -0.39 is 0 Å². The summed E-state index contributed by atoms with van der Waals surface area (Å²) in [5, 5.41) is 7.25. The maximum atomic E-state index is 12.7. The number of piperidine rings is 2. The van der Waals surface area contributed by atoms with Crippen molar-refractivity contribution in [1.82, 2.24) is 20.4 Å². The number of nitrogens with one attached hydrogen (secondary N) is 1. The summed E-state index contributed by atoms with van der Waals surface area (Å²) in [6.07, 6.45) is 6.81. The Morgan fingerprint density at radius 3 is 2.74 bits per heavy atom. The fourth-order valence-electron chi connectivity index (χ4n) is 4.41. The first-order valence-corrected chi connectivity index (χ1v) is 11.5. The maximum absolute atomic E-state index is 12.7. The Labute approximate surface area is 183 Å². The van der Waals surface area contributed by atoms with Crippen LogP contribution in [0.4, 0.5) is 6.01 Å². The van der Waals surface area contributed by atoms with Crippen LogP contribution in [0.3, 0.4) is 0 Å². The molecule has 0 spiro atoms. The number of likely N-dealkylation sites (tertiary alicyclic amines) is 1. The van der Waals surface area contributed by atoms with Crippen molar-refractivity contribution >= 4 is 11.9 Å². The third-order valence-electron chi connectivity index (χ3n) is 6.23. The Kier molecular flexibility index (Phi) is 7.40. The molecule has 3 heterocycles. The van der Waals surface area contributed by atoms with Crippen molar-refractivity contribution in [3.05, 3.63) is 24.3 Å². The van der Waals surface area contributed by atoms with Crippen LogP contribution >= 0.6 is 0 Å². The minimum absolute atomic E-state index is 0.0416. The van der Waals surface area contributed by atoms with Gasteiger partial charge < -0.3 is 24.4 Å². The molecule has 1 unspecified atom stereocenters. The summed E-state index contributed by atoms with van der Waals surface area (Å²) in [6, 6.07) is 8.04. The summed E-state index contributed by atoms with van der Waals surface area (Å²) in [5.74, 6) is 1.42. The number of carbonyl (C=O) groups excluding carboxylic acids is 1. The Morgan fingerprint density at radius 2 is 1.97 bits per heavy atom. The van der Waals surface area contributed by atoms with Gasteiger partial charge in [-0.05, 0) is 76.0 Å². The first kappa shape index (κ1) is 21.6. The normalized spacial score (nSPS) is 19.9. The lowest BCUT2D eigenvalue weighted by molar-refractivity contribution is -0.125. The number of anilines is 1. The minimum atomic E-state index is -0.0416. The Hall–Kier alpha value is -2.61. The highest BCUT2D eigenvalue weighted by Gasteiger charge is 2.28. The average Bonchev–Trinajstić information content (AvgIpc) is 3.33. The average molecular weight is 428 g/mol. The predicted molar refractivity (Wildman–Crippen MR) is 119 cm³/mol. The molecule has 168 valence electrons. The first-order valence-electron chi connectivity index (χ1n) is 11.5. The standard InChI is InChI=1S/C23H33N5O3/c1-30-20-10-8-18(9-11-20)21-25-23(31-26-21)28-16-5-7-19(17-28)22(29)24-12-6-15-27-13-3-2-4-14-27/h8-11,19H,2-7,12-17H2,1H3,(H,24,29). The van der Waals surface area contributed by atoms with Gasteiger partial charge >= 0.3 is 6.01 Å². The number of methoxy groups -OCH3 is 1. The lowest BCUT2D eigenvalue weighted by Gasteiger charge is -2.30. The molecule has 8 nitrogen and oxygen atoms in total. The van der Waals surface area contributed by atoms with Gasteiger partial charge in [0, 0.05) is 25.2 Å². The molecule has 1 atom stereocenters. The van der Waals surface area contributed by atoms with Gasteiger partial charge in [0.15, 0.2) is 0 Å². The molecular formula is C23H33N5O3. The molecule has 8 heteroatoms. The molecular weight excluding hydrogens is 394 g/mol. The fraction of sp³-hybridized carbons (Fsp3) is 0.609. The van der Waals surface area contributed by atoms with Crippen molar-refractivity contribution in [1.29, 1.82) is 0 Å². The summed E-state index contributed by atoms with van der Waals surface area (Å²) >= 11 is 0. The Morgan fingerprint density at radius 1 is 1.16 bits per heavy atom. The fourth-order valence-corrected chi connectivity index (χ4v) is 4.41. The van der Waals surface area contributed by atoms with Crippen LogP contribution in [0, 0.1) is 5.92 Å². The molecule has 0 radical (unpaired) electrons. The molecule has 4 rings (SSSR count). The van der Waals surface area contributed by atoms with Crippen LogP contribution in [0.15, 0.2) is 28.8 Å². The summed E-state index contributed by atoms with van der Waals surface area (Å²) < 4.78 is 10.7. The highest BCUT2D eigenvalue weighted by atomic mass is 16.5. The molecule has 0 aliphatic carbocycles. The van der Waals surface area contributed by atoms with Crippen molar-refractivity contribution in [2.45, 2.75) is 38.5 Å². The van der Waals surface area contributed by atoms with Crippen LogP contribution < -0.4 is 15.0 Å². The molecule has 1 aromatic carbocycles. The first-order chi connectivity index (χ1) is 15.2. The van der Waals surface area contributed by atoms with Crippen LogP contribution in [-0.4, -0.2) is 67.3 Å². The van der Waals surface area contributed by atoms with Crippen molar-refractivity contribution in [2.24, 2.45) is 5.92 Å². The molecule has 2 saturated heterocycles. The second kappa shape index (κ2) is 10.6. The number of amides is 1. The molecule has 1 aromatic heterocycles. The van der Waals surface area contributed by atoms with Gasteiger partial charge in [-0.2, -0.15) is 4.98 Å². The highest BCUT2D eigenvalue weighted by Crippen LogP contribution is 2.26. The van der Waals surface area contributed by atoms with Crippen LogP contribution in [0.2, 0.25) is 0 Å². The van der Waals surface area contributed by atoms with Crippen molar-refractivity contribution in [2.75, 3.05) is 51.3 Å². The minimum Gasteiger partial charge on any atom is -0.497 e. The number of hydrogen-bond donors (Lipinski definition) is 1. The smallest absolute Gasteiger partial charge is 0.324 e. The highest BCUT2D eigenvalue weighted by molar-refractivity contribution is 5.79. The van der Waals surface area contributed by atoms with E-state index in [0.29, 0.717) is 18.4 Å². The second-order valence-electron chi connectivity index (χ2n) is 8.46. The zero-order chi connectivity index (χ0) is 21.5. The van der Waals surface area contributed by atoms with E-state index in [1.165, 1.54) is 32.4 Å². The van der Waals surface area contributed by atoms with Gasteiger partial charge in [-0.15, -0.1) is 0 Å². The Balaban J connectivity index is 1.26. The molecule has 1 N–H and O–H groups in total. The van der Waals surface area contributed by atoms with Crippen molar-refractivity contribution < 1.29 is 14.1 Å². The van der Waals surface area contributed by atoms with Gasteiger partial charge in [-0.25, -0.2) is 0 Å². The number of ether oxygens (including phenoxy) is 1. The van der Waals surface area contributed by atoms with Gasteiger partial charge in [-0.3, -0.25) is 4.79 Å². The van der Waals surface area contributed by atoms with Gasteiger partial charge in [0.2, 0.25) is 11.7 Å². The molecule has 31 heavy (non-hydrogen) atoms. The number of carbonyl (C=O) groups is 1. The SMILES string of the molecule is COc1ccc(-c2noc(N3CCCC(C(=O)NCCCN4CCCCC4)C3)n2)cc1. The van der Waals surface area contributed by atoms with Crippen molar-refractivity contribution in [3.8, 4) is 17.1 Å². The quantitative estimate of drug-likeness (QED) is 0.649. The molecule has 2 aliphatic heterocycles. The topological polar surface area (TPSA) is 83.7 Å². The maximum Gasteiger partial charge on any atom is 0.324 e. The third kappa shape index (κ3) is 5.76. The number of rotatable bonds is 8. The monoisotopic (exact) mass is 427 g/mol. The Bertz CT molecular complexity index is 832. The van der Waals surface area contributed by atoms with Crippen LogP contribution in [0.5, 0.6) is 5.75 Å². The molecule has 0 saturated carbocycles. The van der Waals surface area contributed by atoms with E-state index in [1.54, 1.807) is 7.11 Å². The predicted octanol–water partition coefficient (Wildman–Crippen LogP) is 2.95. The van der Waals surface area contributed by atoms with E-state index in [1.807, 2.05) is 29.2 Å². The van der Waals surface area contributed by atoms with Crippen LogP contribution in [-0.2, 0) is 4.79 Å². The van der Waals surface area contributed by atoms with E-state index in [-0.39, 0.29) is 11.8 Å². The number of aromatic nitrogens is 2. The lowest BCUT2D eigenvalue weighted by Crippen LogP contribution is -2.43. The third-order valence-corrected chi connectivity index (χ3v) is 6.23. The second-order valence-corrected chi connectivity index (χ2v) is 8.46. The van der Waals surface area contributed by atoms with E-state index >= 15 is 0 Å². The van der Waals surface area contributed by atoms with Gasteiger partial charge in [0.25, 0.3) is 0 Å². The summed E-state index contributed by atoms with van der Waals surface area (Å²) in [4.78, 5) is 21.8. The van der Waals surface area contributed by atoms with Gasteiger partial charge in [-0.1, -0.05) is 11.6 Å².